The predicted molar refractivity (Wildman–Crippen MR) is 111 cm³/mol. The van der Waals surface area contributed by atoms with Gasteiger partial charge in [-0.05, 0) is 25.7 Å². The smallest absolute Gasteiger partial charge is 0.259 e. The number of anilines is 2. The summed E-state index contributed by atoms with van der Waals surface area (Å²) in [7, 11) is 4.59. The first-order valence-corrected chi connectivity index (χ1v) is 9.66. The van der Waals surface area contributed by atoms with Crippen molar-refractivity contribution in [3.8, 4) is 17.2 Å². The maximum Gasteiger partial charge on any atom is 0.259 e. The number of rotatable bonds is 6. The van der Waals surface area contributed by atoms with E-state index < -0.39 is 0 Å². The van der Waals surface area contributed by atoms with Crippen molar-refractivity contribution in [1.82, 2.24) is 9.97 Å². The number of methoxy groups -OCH3 is 3. The monoisotopic (exact) mass is 400 g/mol. The molecule has 8 heteroatoms. The maximum atomic E-state index is 12.8. The van der Waals surface area contributed by atoms with Gasteiger partial charge in [-0.2, -0.15) is 0 Å². The quantitative estimate of drug-likeness (QED) is 0.796. The molecule has 1 aromatic carbocycles. The number of carbonyl (C=O) groups is 1. The van der Waals surface area contributed by atoms with Gasteiger partial charge in [0.25, 0.3) is 5.91 Å². The van der Waals surface area contributed by atoms with Crippen LogP contribution >= 0.6 is 0 Å². The average Bonchev–Trinajstić information content (AvgIpc) is 2.73. The van der Waals surface area contributed by atoms with E-state index in [2.05, 4.69) is 27.1 Å². The molecule has 0 bridgehead atoms. The summed E-state index contributed by atoms with van der Waals surface area (Å²) in [5.41, 5.74) is 1.59. The van der Waals surface area contributed by atoms with Crippen molar-refractivity contribution >= 4 is 17.5 Å². The van der Waals surface area contributed by atoms with E-state index in [1.165, 1.54) is 21.3 Å². The number of hydrogen-bond donors (Lipinski definition) is 1. The summed E-state index contributed by atoms with van der Waals surface area (Å²) in [5, 5.41) is 2.86. The molecule has 1 aliphatic rings. The van der Waals surface area contributed by atoms with Crippen LogP contribution in [0.1, 0.15) is 35.8 Å². The number of piperidine rings is 1. The van der Waals surface area contributed by atoms with Gasteiger partial charge in [0.05, 0.1) is 32.6 Å². The Labute approximate surface area is 171 Å². The minimum atomic E-state index is -0.296. The fourth-order valence-corrected chi connectivity index (χ4v) is 3.39. The van der Waals surface area contributed by atoms with Gasteiger partial charge < -0.3 is 24.4 Å². The summed E-state index contributed by atoms with van der Waals surface area (Å²) in [6, 6.07) is 3.36. The van der Waals surface area contributed by atoms with Crippen LogP contribution in [-0.4, -0.2) is 50.3 Å². The van der Waals surface area contributed by atoms with E-state index in [-0.39, 0.29) is 5.91 Å². The number of ether oxygens (including phenoxy) is 3. The largest absolute Gasteiger partial charge is 0.493 e. The summed E-state index contributed by atoms with van der Waals surface area (Å²) in [6.45, 7) is 5.97. The second-order valence-electron chi connectivity index (χ2n) is 7.21. The fourth-order valence-electron chi connectivity index (χ4n) is 3.39. The van der Waals surface area contributed by atoms with Gasteiger partial charge in [-0.25, -0.2) is 9.97 Å². The van der Waals surface area contributed by atoms with Crippen LogP contribution in [0.15, 0.2) is 18.3 Å². The second kappa shape index (κ2) is 8.98. The number of nitrogens with one attached hydrogen (secondary N) is 1. The molecule has 29 heavy (non-hydrogen) atoms. The molecule has 0 saturated carbocycles. The van der Waals surface area contributed by atoms with Crippen LogP contribution in [0.2, 0.25) is 0 Å². The molecular weight excluding hydrogens is 372 g/mol. The summed E-state index contributed by atoms with van der Waals surface area (Å²) in [6.07, 6.45) is 3.85. The standard InChI is InChI=1S/C21H28N4O4/c1-13-6-8-25(9-7-13)21-22-12-16(14(2)23-21)20(26)24-15-10-17(27-3)19(29-5)18(11-15)28-4/h10-13H,6-9H2,1-5H3,(H,24,26). The van der Waals surface area contributed by atoms with Crippen molar-refractivity contribution < 1.29 is 19.0 Å². The number of hydrogen-bond acceptors (Lipinski definition) is 7. The normalized spacial score (nSPS) is 14.4. The van der Waals surface area contributed by atoms with E-state index in [0.29, 0.717) is 40.1 Å². The molecule has 2 aromatic rings. The molecule has 2 heterocycles. The molecule has 1 N–H and O–H groups in total. The number of aromatic nitrogens is 2. The van der Waals surface area contributed by atoms with Gasteiger partial charge in [-0.3, -0.25) is 4.79 Å². The fraction of sp³-hybridized carbons (Fsp3) is 0.476. The molecule has 1 aromatic heterocycles. The molecule has 0 spiro atoms. The Bertz CT molecular complexity index is 854. The van der Waals surface area contributed by atoms with Crippen molar-refractivity contribution in [3.05, 3.63) is 29.6 Å². The van der Waals surface area contributed by atoms with Crippen LogP contribution in [0, 0.1) is 12.8 Å². The van der Waals surface area contributed by atoms with E-state index >= 15 is 0 Å². The Kier molecular flexibility index (Phi) is 6.41. The summed E-state index contributed by atoms with van der Waals surface area (Å²) in [4.78, 5) is 24.0. The van der Waals surface area contributed by atoms with Gasteiger partial charge >= 0.3 is 0 Å². The van der Waals surface area contributed by atoms with Gasteiger partial charge in [0.15, 0.2) is 11.5 Å². The van der Waals surface area contributed by atoms with Crippen molar-refractivity contribution in [1.29, 1.82) is 0 Å². The Morgan fingerprint density at radius 2 is 1.72 bits per heavy atom. The van der Waals surface area contributed by atoms with Crippen LogP contribution in [0.5, 0.6) is 17.2 Å². The van der Waals surface area contributed by atoms with Gasteiger partial charge in [0.2, 0.25) is 11.7 Å². The molecule has 1 saturated heterocycles. The van der Waals surface area contributed by atoms with E-state index in [4.69, 9.17) is 14.2 Å². The van der Waals surface area contributed by atoms with Crippen molar-refractivity contribution in [2.24, 2.45) is 5.92 Å². The summed E-state index contributed by atoms with van der Waals surface area (Å²) in [5.74, 6) is 2.51. The molecule has 0 radical (unpaired) electrons. The highest BCUT2D eigenvalue weighted by atomic mass is 16.5. The topological polar surface area (TPSA) is 85.8 Å². The molecule has 0 aliphatic carbocycles. The zero-order chi connectivity index (χ0) is 21.0. The van der Waals surface area contributed by atoms with Crippen molar-refractivity contribution in [2.45, 2.75) is 26.7 Å². The molecule has 3 rings (SSSR count). The van der Waals surface area contributed by atoms with Crippen LogP contribution in [0.25, 0.3) is 0 Å². The first-order valence-electron chi connectivity index (χ1n) is 9.66. The molecular formula is C21H28N4O4. The summed E-state index contributed by atoms with van der Waals surface area (Å²) < 4.78 is 16.0. The van der Waals surface area contributed by atoms with Crippen LogP contribution < -0.4 is 24.4 Å². The third-order valence-corrected chi connectivity index (χ3v) is 5.20. The van der Waals surface area contributed by atoms with Crippen LogP contribution in [0.3, 0.4) is 0 Å². The lowest BCUT2D eigenvalue weighted by molar-refractivity contribution is 0.102. The highest BCUT2D eigenvalue weighted by molar-refractivity contribution is 6.05. The van der Waals surface area contributed by atoms with E-state index in [9.17, 15) is 4.79 Å². The van der Waals surface area contributed by atoms with E-state index in [0.717, 1.165) is 31.8 Å². The lowest BCUT2D eigenvalue weighted by Gasteiger charge is -2.30. The Morgan fingerprint density at radius 1 is 1.10 bits per heavy atom. The third-order valence-electron chi connectivity index (χ3n) is 5.20. The summed E-state index contributed by atoms with van der Waals surface area (Å²) >= 11 is 0. The second-order valence-corrected chi connectivity index (χ2v) is 7.21. The SMILES string of the molecule is COc1cc(NC(=O)c2cnc(N3CCC(C)CC3)nc2C)cc(OC)c1OC. The number of nitrogens with zero attached hydrogens (tertiary/aromatic N) is 3. The number of aryl methyl sites for hydroxylation is 1. The Morgan fingerprint density at radius 3 is 2.24 bits per heavy atom. The highest BCUT2D eigenvalue weighted by Crippen LogP contribution is 2.40. The molecule has 8 nitrogen and oxygen atoms in total. The minimum absolute atomic E-state index is 0.296. The number of amides is 1. The van der Waals surface area contributed by atoms with Gasteiger partial charge in [-0.15, -0.1) is 0 Å². The molecule has 156 valence electrons. The lowest BCUT2D eigenvalue weighted by atomic mass is 10.00. The predicted octanol–water partition coefficient (Wildman–Crippen LogP) is 3.30. The molecule has 0 atom stereocenters. The van der Waals surface area contributed by atoms with Gasteiger partial charge in [0.1, 0.15) is 0 Å². The average molecular weight is 400 g/mol. The third kappa shape index (κ3) is 4.52. The Balaban J connectivity index is 1.79. The van der Waals surface area contributed by atoms with Crippen molar-refractivity contribution in [2.75, 3.05) is 44.6 Å². The van der Waals surface area contributed by atoms with Crippen LogP contribution in [0.4, 0.5) is 11.6 Å². The molecule has 1 fully saturated rings. The Hall–Kier alpha value is -3.03. The minimum Gasteiger partial charge on any atom is -0.493 e. The van der Waals surface area contributed by atoms with Crippen LogP contribution in [-0.2, 0) is 0 Å². The first-order chi connectivity index (χ1) is 14.0. The van der Waals surface area contributed by atoms with Gasteiger partial charge in [-0.1, -0.05) is 6.92 Å². The van der Waals surface area contributed by atoms with E-state index in [1.807, 2.05) is 6.92 Å². The van der Waals surface area contributed by atoms with Crippen molar-refractivity contribution in [3.63, 3.8) is 0 Å². The van der Waals surface area contributed by atoms with Gasteiger partial charge in [0, 0.05) is 37.1 Å². The zero-order valence-corrected chi connectivity index (χ0v) is 17.6. The maximum absolute atomic E-state index is 12.8. The molecule has 0 unspecified atom stereocenters. The number of carbonyl (C=O) groups excluding carboxylic acids is 1. The highest BCUT2D eigenvalue weighted by Gasteiger charge is 2.21. The van der Waals surface area contributed by atoms with E-state index in [1.54, 1.807) is 18.3 Å². The zero-order valence-electron chi connectivity index (χ0n) is 17.6. The molecule has 1 amide bonds. The molecule has 1 aliphatic heterocycles. The first kappa shape index (κ1) is 20.7. The number of benzene rings is 1. The lowest BCUT2D eigenvalue weighted by Crippen LogP contribution is -2.34.